The van der Waals surface area contributed by atoms with E-state index >= 15 is 4.39 Å². The summed E-state index contributed by atoms with van der Waals surface area (Å²) >= 11 is 6.99. The van der Waals surface area contributed by atoms with Gasteiger partial charge >= 0.3 is 12.4 Å². The molecule has 0 bridgehead atoms. The molecule has 0 aliphatic carbocycles. The third kappa shape index (κ3) is 12.6. The average Bonchev–Trinajstić information content (AvgIpc) is 4.11. The Morgan fingerprint density at radius 3 is 2.26 bits per heavy atom. The highest BCUT2D eigenvalue weighted by molar-refractivity contribution is 7.81. The van der Waals surface area contributed by atoms with Gasteiger partial charge in [0, 0.05) is 25.1 Å². The molecule has 5 aromatic rings. The molecule has 0 radical (unpaired) electrons. The Morgan fingerprint density at radius 2 is 1.65 bits per heavy atom. The number of nitrogens with zero attached hydrogens (tertiary/aromatic N) is 6. The van der Waals surface area contributed by atoms with Crippen LogP contribution in [0.3, 0.4) is 0 Å². The number of pyridine rings is 1. The zero-order chi connectivity index (χ0) is 57.2. The predicted octanol–water partition coefficient (Wildman–Crippen LogP) is 9.69. The number of carbonyl (C=O) groups excluding carboxylic acids is 4. The zero-order valence-electron chi connectivity index (χ0n) is 43.3. The standard InChI is InChI=1S/C54H55F7N8O7S2/c1-29(31-10-12-32(13-11-31)45-30(2)64-28-78-45)65-47(72)41-22-35(70)26-67(41)48(73)46(51(3,4)5)66-42(71)27-75-20-8-9-21-76-36-16-17-37(38(23-36)53(56,57)58)39-18-15-34(25-63-39)69-50(77)68(49(74)52(69,6)7)40-19-14-33(24-62)43(44(40)55)54(59,60)61/h10-19,23,25,28-29,35,41,46,70H,8-9,20-22,26-27H2,1-7H3,(H,65,72)(H,66,71)/t29-,35+,41-,46+/m0/s1. The van der Waals surface area contributed by atoms with Crippen LogP contribution in [0, 0.1) is 29.5 Å². The summed E-state index contributed by atoms with van der Waals surface area (Å²) in [5, 5.41) is 25.1. The summed E-state index contributed by atoms with van der Waals surface area (Å²) in [7, 11) is 0. The van der Waals surface area contributed by atoms with Crippen LogP contribution in [0.15, 0.2) is 78.4 Å². The largest absolute Gasteiger partial charge is 0.494 e. The van der Waals surface area contributed by atoms with Gasteiger partial charge in [0.1, 0.15) is 35.5 Å². The third-order valence-electron chi connectivity index (χ3n) is 13.3. The molecule has 2 aliphatic heterocycles. The number of aliphatic hydroxyl groups is 1. The highest BCUT2D eigenvalue weighted by atomic mass is 32.1. The van der Waals surface area contributed by atoms with Crippen LogP contribution in [0.5, 0.6) is 5.75 Å². The number of aliphatic hydroxyl groups excluding tert-OH is 1. The minimum Gasteiger partial charge on any atom is -0.494 e. The molecule has 78 heavy (non-hydrogen) atoms. The second-order valence-electron chi connectivity index (χ2n) is 20.3. The lowest BCUT2D eigenvalue weighted by Crippen LogP contribution is -2.58. The molecular formula is C54H55F7N8O7S2. The van der Waals surface area contributed by atoms with Crippen molar-refractivity contribution in [2.24, 2.45) is 5.41 Å². The molecule has 2 fully saturated rings. The van der Waals surface area contributed by atoms with Gasteiger partial charge in [-0.3, -0.25) is 29.1 Å². The third-order valence-corrected chi connectivity index (χ3v) is 14.6. The Balaban J connectivity index is 0.905. The molecule has 3 N–H and O–H groups in total. The van der Waals surface area contributed by atoms with Crippen LogP contribution in [0.1, 0.15) is 94.8 Å². The molecule has 2 saturated heterocycles. The van der Waals surface area contributed by atoms with E-state index in [9.17, 15) is 55.9 Å². The fraction of sp³-hybridized carbons (Fsp3) is 0.407. The first-order chi connectivity index (χ1) is 36.5. The number of alkyl halides is 6. The van der Waals surface area contributed by atoms with Gasteiger partial charge in [0.05, 0.1) is 75.3 Å². The first-order valence-electron chi connectivity index (χ1n) is 24.5. The molecule has 15 nitrogen and oxygen atoms in total. The second-order valence-corrected chi connectivity index (χ2v) is 21.6. The van der Waals surface area contributed by atoms with Gasteiger partial charge in [-0.2, -0.15) is 31.6 Å². The summed E-state index contributed by atoms with van der Waals surface area (Å²) in [5.74, 6) is -4.54. The minimum atomic E-state index is -5.29. The second kappa shape index (κ2) is 23.1. The van der Waals surface area contributed by atoms with E-state index in [2.05, 4.69) is 20.6 Å². The molecule has 2 aliphatic rings. The first kappa shape index (κ1) is 58.6. The Hall–Kier alpha value is -7.07. The molecule has 414 valence electrons. The molecule has 24 heteroatoms. The maximum absolute atomic E-state index is 15.5. The molecule has 0 spiro atoms. The van der Waals surface area contributed by atoms with E-state index in [1.54, 1.807) is 26.3 Å². The van der Waals surface area contributed by atoms with Crippen LogP contribution >= 0.6 is 23.6 Å². The lowest BCUT2D eigenvalue weighted by molar-refractivity contribution is -0.144. The van der Waals surface area contributed by atoms with E-state index < -0.39 is 111 Å². The summed E-state index contributed by atoms with van der Waals surface area (Å²) in [6.07, 6.45) is -9.37. The molecule has 4 atom stereocenters. The number of β-amino-alcohol motifs (C(OH)–C–C–N with tert-alkyl or cyclic N) is 1. The normalized spacial score (nSPS) is 17.5. The molecule has 2 aromatic heterocycles. The topological polar surface area (TPSA) is 190 Å². The Kier molecular flexibility index (Phi) is 17.4. The fourth-order valence-corrected chi connectivity index (χ4v) is 10.5. The summed E-state index contributed by atoms with van der Waals surface area (Å²) in [4.78, 5) is 67.1. The van der Waals surface area contributed by atoms with Gasteiger partial charge in [0.2, 0.25) is 17.7 Å². The Labute approximate surface area is 454 Å². The minimum absolute atomic E-state index is 0.00896. The summed E-state index contributed by atoms with van der Waals surface area (Å²) in [6.45, 7) is 11.2. The van der Waals surface area contributed by atoms with Crippen molar-refractivity contribution in [3.05, 3.63) is 112 Å². The molecule has 4 heterocycles. The molecule has 4 amide bonds. The van der Waals surface area contributed by atoms with Gasteiger partial charge in [-0.15, -0.1) is 11.3 Å². The van der Waals surface area contributed by atoms with Gasteiger partial charge in [0.25, 0.3) is 5.91 Å². The number of aromatic nitrogens is 2. The van der Waals surface area contributed by atoms with E-state index in [1.807, 2.05) is 38.1 Å². The highest BCUT2D eigenvalue weighted by Crippen LogP contribution is 2.43. The van der Waals surface area contributed by atoms with Crippen molar-refractivity contribution in [3.8, 4) is 33.5 Å². The number of nitrogens with one attached hydrogen (secondary N) is 2. The number of hydrogen-bond donors (Lipinski definition) is 3. The van der Waals surface area contributed by atoms with Crippen molar-refractivity contribution in [3.63, 3.8) is 0 Å². The number of carbonyl (C=O) groups is 4. The highest BCUT2D eigenvalue weighted by Gasteiger charge is 2.52. The van der Waals surface area contributed by atoms with Gasteiger partial charge in [0.15, 0.2) is 10.9 Å². The van der Waals surface area contributed by atoms with Crippen molar-refractivity contribution in [1.29, 1.82) is 5.26 Å². The smallest absolute Gasteiger partial charge is 0.420 e. The van der Waals surface area contributed by atoms with Crippen molar-refractivity contribution in [1.82, 2.24) is 25.5 Å². The molecule has 7 rings (SSSR count). The lowest BCUT2D eigenvalue weighted by Gasteiger charge is -2.35. The van der Waals surface area contributed by atoms with Gasteiger partial charge in [-0.1, -0.05) is 45.0 Å². The number of unbranched alkanes of at least 4 members (excludes halogenated alkanes) is 1. The number of nitriles is 1. The van der Waals surface area contributed by atoms with Gasteiger partial charge < -0.3 is 35.0 Å². The first-order valence-corrected chi connectivity index (χ1v) is 25.8. The van der Waals surface area contributed by atoms with Crippen molar-refractivity contribution >= 4 is 63.7 Å². The van der Waals surface area contributed by atoms with E-state index in [-0.39, 0.29) is 48.9 Å². The van der Waals surface area contributed by atoms with Crippen LogP contribution in [0.2, 0.25) is 0 Å². The summed E-state index contributed by atoms with van der Waals surface area (Å²) in [6, 6.07) is 13.8. The quantitative estimate of drug-likeness (QED) is 0.0455. The van der Waals surface area contributed by atoms with E-state index in [0.29, 0.717) is 23.8 Å². The van der Waals surface area contributed by atoms with Crippen molar-refractivity contribution in [2.75, 3.05) is 36.2 Å². The van der Waals surface area contributed by atoms with E-state index in [4.69, 9.17) is 21.7 Å². The lowest BCUT2D eigenvalue weighted by atomic mass is 9.85. The number of aryl methyl sites for hydroxylation is 1. The number of benzene rings is 3. The Bertz CT molecular complexity index is 3120. The van der Waals surface area contributed by atoms with Crippen molar-refractivity contribution < 1.29 is 64.5 Å². The fourth-order valence-electron chi connectivity index (χ4n) is 9.18. The number of rotatable bonds is 17. The number of anilines is 2. The number of thiazole rings is 1. The van der Waals surface area contributed by atoms with Crippen LogP contribution < -0.4 is 25.2 Å². The molecule has 3 aromatic carbocycles. The predicted molar refractivity (Wildman–Crippen MR) is 279 cm³/mol. The van der Waals surface area contributed by atoms with E-state index in [1.165, 1.54) is 59.3 Å². The van der Waals surface area contributed by atoms with Crippen molar-refractivity contribution in [2.45, 2.75) is 110 Å². The maximum Gasteiger partial charge on any atom is 0.420 e. The SMILES string of the molecule is Cc1ncsc1-c1ccc([C@H](C)NC(=O)[C@@H]2C[C@@H](O)CN2C(=O)[C@@H](NC(=O)COCCCCOc2ccc(-c3ccc(N4C(=S)N(c5ccc(C#N)c(C(F)(F)F)c5F)C(=O)C4(C)C)cn3)c(C(F)(F)F)c2)C(C)(C)C)cc1. The average molecular weight is 1130 g/mol. The van der Waals surface area contributed by atoms with Gasteiger partial charge in [-0.05, 0) is 112 Å². The monoisotopic (exact) mass is 1120 g/mol. The number of ether oxygens (including phenoxy) is 2. The number of likely N-dealkylation sites (tertiary alicyclic amines) is 1. The van der Waals surface area contributed by atoms with Crippen LogP contribution in [0.4, 0.5) is 42.1 Å². The Morgan fingerprint density at radius 1 is 0.962 bits per heavy atom. The van der Waals surface area contributed by atoms with Gasteiger partial charge in [-0.25, -0.2) is 9.37 Å². The number of halogens is 7. The number of thiocarbonyl (C=S) groups is 1. The maximum atomic E-state index is 15.5. The molecular weight excluding hydrogens is 1070 g/mol. The summed E-state index contributed by atoms with van der Waals surface area (Å²) in [5.41, 5.74) is -3.19. The summed E-state index contributed by atoms with van der Waals surface area (Å²) < 4.78 is 112. The number of amides is 4. The number of hydrogen-bond acceptors (Lipinski definition) is 12. The van der Waals surface area contributed by atoms with Crippen LogP contribution in [-0.2, 0) is 36.3 Å². The molecule has 0 unspecified atom stereocenters. The van der Waals surface area contributed by atoms with Crippen LogP contribution in [-0.4, -0.2) is 98.8 Å². The van der Waals surface area contributed by atoms with E-state index in [0.717, 1.165) is 46.1 Å². The molecule has 0 saturated carbocycles. The zero-order valence-corrected chi connectivity index (χ0v) is 44.9. The van der Waals surface area contributed by atoms with Crippen LogP contribution in [0.25, 0.3) is 21.7 Å².